The van der Waals surface area contributed by atoms with Gasteiger partial charge in [-0.3, -0.25) is 15.1 Å². The minimum atomic E-state index is -3.83. The van der Waals surface area contributed by atoms with Crippen LogP contribution in [0, 0.1) is 10.1 Å². The first-order valence-electron chi connectivity index (χ1n) is 7.39. The van der Waals surface area contributed by atoms with Crippen LogP contribution in [0.3, 0.4) is 0 Å². The number of pyridine rings is 1. The largest absolute Gasteiger partial charge is 0.313 e. The maximum absolute atomic E-state index is 12.6. The van der Waals surface area contributed by atoms with Crippen LogP contribution in [0.1, 0.15) is 6.42 Å². The predicted octanol–water partition coefficient (Wildman–Crippen LogP) is 1.34. The molecule has 0 fully saturated rings. The van der Waals surface area contributed by atoms with Gasteiger partial charge in [0.05, 0.1) is 15.8 Å². The van der Waals surface area contributed by atoms with Gasteiger partial charge < -0.3 is 5.32 Å². The molecule has 24 heavy (non-hydrogen) atoms. The molecule has 1 aliphatic heterocycles. The van der Waals surface area contributed by atoms with Crippen LogP contribution >= 0.6 is 0 Å². The normalized spacial score (nSPS) is 15.2. The quantitative estimate of drug-likeness (QED) is 0.479. The zero-order valence-electron chi connectivity index (χ0n) is 12.7. The summed E-state index contributed by atoms with van der Waals surface area (Å²) in [7, 11) is -3.83. The van der Waals surface area contributed by atoms with Gasteiger partial charge in [-0.2, -0.15) is 0 Å². The first-order chi connectivity index (χ1) is 11.5. The topological polar surface area (TPSA) is 114 Å². The third kappa shape index (κ3) is 3.28. The molecule has 2 aromatic rings. The van der Waals surface area contributed by atoms with E-state index < -0.39 is 14.9 Å². The molecule has 8 nitrogen and oxygen atoms in total. The maximum Gasteiger partial charge on any atom is 0.278 e. The second kappa shape index (κ2) is 6.63. The number of hydrogen-bond acceptors (Lipinski definition) is 6. The molecule has 0 saturated carbocycles. The number of non-ortho nitro benzene ring substituents is 1. The van der Waals surface area contributed by atoms with Crippen molar-refractivity contribution in [1.29, 1.82) is 0 Å². The zero-order chi connectivity index (χ0) is 17.2. The lowest BCUT2D eigenvalue weighted by atomic mass is 10.1. The fraction of sp³-hybridized carbons (Fsp3) is 0.267. The fourth-order valence-electron chi connectivity index (χ4n) is 2.60. The number of nitrogens with zero attached hydrogens (tertiary/aromatic N) is 2. The average Bonchev–Trinajstić information content (AvgIpc) is 2.60. The number of nitro groups is 1. The molecule has 0 atom stereocenters. The van der Waals surface area contributed by atoms with Gasteiger partial charge in [0.2, 0.25) is 10.0 Å². The van der Waals surface area contributed by atoms with E-state index in [0.29, 0.717) is 0 Å². The van der Waals surface area contributed by atoms with Gasteiger partial charge in [-0.1, -0.05) is 11.6 Å². The van der Waals surface area contributed by atoms with Crippen molar-refractivity contribution >= 4 is 26.6 Å². The van der Waals surface area contributed by atoms with Crippen LogP contribution in [0.4, 0.5) is 5.69 Å². The van der Waals surface area contributed by atoms with Crippen LogP contribution in [0.25, 0.3) is 10.9 Å². The van der Waals surface area contributed by atoms with E-state index in [0.717, 1.165) is 25.1 Å². The molecular formula is C15H16N4O4S. The van der Waals surface area contributed by atoms with E-state index in [1.54, 1.807) is 6.07 Å². The Morgan fingerprint density at radius 1 is 1.33 bits per heavy atom. The van der Waals surface area contributed by atoms with Gasteiger partial charge in [0, 0.05) is 25.4 Å². The first-order valence-corrected chi connectivity index (χ1v) is 8.88. The van der Waals surface area contributed by atoms with Crippen molar-refractivity contribution in [2.45, 2.75) is 11.3 Å². The second-order valence-corrected chi connectivity index (χ2v) is 7.12. The van der Waals surface area contributed by atoms with Gasteiger partial charge in [0.1, 0.15) is 4.90 Å². The van der Waals surface area contributed by atoms with Gasteiger partial charge in [0.15, 0.2) is 0 Å². The van der Waals surface area contributed by atoms with Crippen molar-refractivity contribution in [2.75, 3.05) is 19.6 Å². The summed E-state index contributed by atoms with van der Waals surface area (Å²) in [6.07, 6.45) is 4.15. The molecule has 0 unspecified atom stereocenters. The van der Waals surface area contributed by atoms with Crippen LogP contribution in [0.2, 0.25) is 0 Å². The summed E-state index contributed by atoms with van der Waals surface area (Å²) in [4.78, 5) is 14.5. The molecule has 0 saturated heterocycles. The third-order valence-corrected chi connectivity index (χ3v) is 5.28. The minimum Gasteiger partial charge on any atom is -0.313 e. The standard InChI is InChI=1S/C15H16N4O4S/c20-19(21)13-3-4-14(15-12(13)2-1-7-17-15)24(22,23)18-10-11-5-8-16-9-6-11/h1-5,7,16,18H,6,8-10H2. The highest BCUT2D eigenvalue weighted by Gasteiger charge is 2.23. The molecule has 1 aliphatic rings. The molecule has 0 radical (unpaired) electrons. The number of fused-ring (bicyclic) bond motifs is 1. The number of nitrogens with one attached hydrogen (secondary N) is 2. The maximum atomic E-state index is 12.6. The van der Waals surface area contributed by atoms with Crippen LogP contribution in [0.5, 0.6) is 0 Å². The number of hydrogen-bond donors (Lipinski definition) is 2. The van der Waals surface area contributed by atoms with Crippen molar-refractivity contribution in [2.24, 2.45) is 0 Å². The Morgan fingerprint density at radius 2 is 2.17 bits per heavy atom. The molecule has 1 aromatic heterocycles. The summed E-state index contributed by atoms with van der Waals surface area (Å²) >= 11 is 0. The first kappa shape index (κ1) is 16.5. The lowest BCUT2D eigenvalue weighted by Gasteiger charge is -2.15. The zero-order valence-corrected chi connectivity index (χ0v) is 13.5. The highest BCUT2D eigenvalue weighted by atomic mass is 32.2. The van der Waals surface area contributed by atoms with Gasteiger partial charge in [-0.15, -0.1) is 0 Å². The second-order valence-electron chi connectivity index (χ2n) is 5.38. The van der Waals surface area contributed by atoms with E-state index in [1.807, 2.05) is 6.08 Å². The summed E-state index contributed by atoms with van der Waals surface area (Å²) < 4.78 is 27.8. The van der Waals surface area contributed by atoms with Crippen molar-refractivity contribution in [3.8, 4) is 0 Å². The van der Waals surface area contributed by atoms with Crippen LogP contribution in [-0.2, 0) is 10.0 Å². The highest BCUT2D eigenvalue weighted by molar-refractivity contribution is 7.89. The lowest BCUT2D eigenvalue weighted by Crippen LogP contribution is -2.30. The number of rotatable bonds is 5. The molecule has 0 spiro atoms. The van der Waals surface area contributed by atoms with Crippen LogP contribution in [0.15, 0.2) is 47.0 Å². The molecule has 0 amide bonds. The molecule has 1 aromatic carbocycles. The Hall–Kier alpha value is -2.36. The SMILES string of the molecule is O=[N+]([O-])c1ccc(S(=O)(=O)NCC2=CCNCC2)c2ncccc12. The number of sulfonamides is 1. The average molecular weight is 348 g/mol. The van der Waals surface area contributed by atoms with Gasteiger partial charge in [0.25, 0.3) is 5.69 Å². The third-order valence-electron chi connectivity index (χ3n) is 3.84. The predicted molar refractivity (Wildman–Crippen MR) is 89.2 cm³/mol. The van der Waals surface area contributed by atoms with E-state index in [-0.39, 0.29) is 28.0 Å². The molecule has 0 aliphatic carbocycles. The van der Waals surface area contributed by atoms with E-state index in [4.69, 9.17) is 0 Å². The molecule has 0 bridgehead atoms. The van der Waals surface area contributed by atoms with Gasteiger partial charge in [-0.25, -0.2) is 13.1 Å². The Labute approximate surface area is 138 Å². The Morgan fingerprint density at radius 3 is 2.88 bits per heavy atom. The number of nitro benzene ring substituents is 1. The fourth-order valence-corrected chi connectivity index (χ4v) is 3.80. The summed E-state index contributed by atoms with van der Waals surface area (Å²) in [5, 5.41) is 14.5. The summed E-state index contributed by atoms with van der Waals surface area (Å²) in [6, 6.07) is 5.46. The van der Waals surface area contributed by atoms with E-state index in [1.165, 1.54) is 24.4 Å². The highest BCUT2D eigenvalue weighted by Crippen LogP contribution is 2.29. The molecule has 3 rings (SSSR count). The van der Waals surface area contributed by atoms with Crippen molar-refractivity contribution in [3.05, 3.63) is 52.2 Å². The molecule has 9 heteroatoms. The molecule has 2 N–H and O–H groups in total. The van der Waals surface area contributed by atoms with Crippen molar-refractivity contribution in [1.82, 2.24) is 15.0 Å². The summed E-state index contributed by atoms with van der Waals surface area (Å²) in [6.45, 7) is 1.75. The Bertz CT molecular complexity index is 924. The molecule has 126 valence electrons. The molecule has 2 heterocycles. The molecular weight excluding hydrogens is 332 g/mol. The van der Waals surface area contributed by atoms with Crippen LogP contribution in [-0.4, -0.2) is 38.0 Å². The summed E-state index contributed by atoms with van der Waals surface area (Å²) in [5.41, 5.74) is 0.938. The number of aromatic nitrogens is 1. The monoisotopic (exact) mass is 348 g/mol. The summed E-state index contributed by atoms with van der Waals surface area (Å²) in [5.74, 6) is 0. The van der Waals surface area contributed by atoms with Gasteiger partial charge >= 0.3 is 0 Å². The lowest BCUT2D eigenvalue weighted by molar-refractivity contribution is -0.383. The minimum absolute atomic E-state index is 0.0572. The van der Waals surface area contributed by atoms with Gasteiger partial charge in [-0.05, 0) is 31.2 Å². The van der Waals surface area contributed by atoms with Crippen LogP contribution < -0.4 is 10.0 Å². The van der Waals surface area contributed by atoms with E-state index >= 15 is 0 Å². The van der Waals surface area contributed by atoms with Crippen molar-refractivity contribution in [3.63, 3.8) is 0 Å². The Kier molecular flexibility index (Phi) is 4.56. The number of benzene rings is 1. The smallest absolute Gasteiger partial charge is 0.278 e. The Balaban J connectivity index is 1.97. The van der Waals surface area contributed by atoms with E-state index in [2.05, 4.69) is 15.0 Å². The van der Waals surface area contributed by atoms with Crippen molar-refractivity contribution < 1.29 is 13.3 Å². The van der Waals surface area contributed by atoms with E-state index in [9.17, 15) is 18.5 Å².